The summed E-state index contributed by atoms with van der Waals surface area (Å²) in [6, 6.07) is 1.06. The van der Waals surface area contributed by atoms with Crippen molar-refractivity contribution >= 4 is 6.09 Å². The Hall–Kier alpha value is -0.810. The molecule has 5 heteroatoms. The molecule has 2 atom stereocenters. The first-order valence-electron chi connectivity index (χ1n) is 7.68. The molecule has 0 saturated carbocycles. The van der Waals surface area contributed by atoms with E-state index >= 15 is 0 Å². The predicted molar refractivity (Wildman–Crippen MR) is 79.9 cm³/mol. The number of amides is 1. The molecule has 20 heavy (non-hydrogen) atoms. The molecule has 0 unspecified atom stereocenters. The van der Waals surface area contributed by atoms with Crippen LogP contribution in [0.4, 0.5) is 4.79 Å². The number of hydrogen-bond acceptors (Lipinski definition) is 4. The monoisotopic (exact) mass is 283 g/mol. The van der Waals surface area contributed by atoms with Crippen LogP contribution in [-0.2, 0) is 4.74 Å². The fourth-order valence-corrected chi connectivity index (χ4v) is 3.20. The second-order valence-electron chi connectivity index (χ2n) is 7.22. The largest absolute Gasteiger partial charge is 0.444 e. The summed E-state index contributed by atoms with van der Waals surface area (Å²) in [5.41, 5.74) is -0.406. The fraction of sp³-hybridized carbons (Fsp3) is 0.933. The van der Waals surface area contributed by atoms with Crippen molar-refractivity contribution in [2.45, 2.75) is 51.8 Å². The Morgan fingerprint density at radius 2 is 1.85 bits per heavy atom. The van der Waals surface area contributed by atoms with Gasteiger partial charge in [0.2, 0.25) is 0 Å². The second-order valence-corrected chi connectivity index (χ2v) is 7.22. The van der Waals surface area contributed by atoms with Crippen LogP contribution < -0.4 is 0 Å². The summed E-state index contributed by atoms with van der Waals surface area (Å²) in [5.74, 6) is 0. The highest BCUT2D eigenvalue weighted by atomic mass is 16.6. The lowest BCUT2D eigenvalue weighted by Gasteiger charge is -2.41. The maximum absolute atomic E-state index is 12.1. The van der Waals surface area contributed by atoms with Gasteiger partial charge in [0.25, 0.3) is 0 Å². The number of likely N-dealkylation sites (N-methyl/N-ethyl adjacent to an activating group) is 1. The molecule has 0 aromatic carbocycles. The third kappa shape index (κ3) is 3.85. The van der Waals surface area contributed by atoms with Crippen LogP contribution in [0.1, 0.15) is 34.1 Å². The zero-order valence-electron chi connectivity index (χ0n) is 13.6. The van der Waals surface area contributed by atoms with Gasteiger partial charge in [-0.05, 0) is 41.2 Å². The molecular weight excluding hydrogens is 254 g/mol. The molecule has 2 aliphatic rings. The van der Waals surface area contributed by atoms with E-state index in [1.54, 1.807) is 0 Å². The van der Waals surface area contributed by atoms with E-state index in [1.807, 2.05) is 25.7 Å². The van der Waals surface area contributed by atoms with Crippen LogP contribution in [0, 0.1) is 0 Å². The van der Waals surface area contributed by atoms with Crippen LogP contribution >= 0.6 is 0 Å². The van der Waals surface area contributed by atoms with Crippen LogP contribution in [-0.4, -0.2) is 78.2 Å². The van der Waals surface area contributed by atoms with Crippen molar-refractivity contribution < 1.29 is 9.53 Å². The summed E-state index contributed by atoms with van der Waals surface area (Å²) in [7, 11) is 2.18. The molecule has 2 fully saturated rings. The summed E-state index contributed by atoms with van der Waals surface area (Å²) >= 11 is 0. The van der Waals surface area contributed by atoms with Crippen molar-refractivity contribution in [1.29, 1.82) is 0 Å². The first kappa shape index (κ1) is 15.6. The number of piperazine rings is 1. The molecule has 1 amide bonds. The number of likely N-dealkylation sites (tertiary alicyclic amines) is 1. The molecule has 2 heterocycles. The SMILES string of the molecule is C[C@@H]1CN(C)CCN1[C@H]1CCN(C(=O)OC(C)(C)C)C1. The zero-order valence-corrected chi connectivity index (χ0v) is 13.6. The van der Waals surface area contributed by atoms with E-state index in [1.165, 1.54) is 0 Å². The lowest BCUT2D eigenvalue weighted by atomic mass is 10.1. The minimum Gasteiger partial charge on any atom is -0.444 e. The lowest BCUT2D eigenvalue weighted by Crippen LogP contribution is -2.55. The van der Waals surface area contributed by atoms with E-state index < -0.39 is 5.60 Å². The molecule has 0 radical (unpaired) electrons. The third-order valence-electron chi connectivity index (χ3n) is 4.17. The van der Waals surface area contributed by atoms with Crippen LogP contribution in [0.2, 0.25) is 0 Å². The minimum absolute atomic E-state index is 0.165. The fourth-order valence-electron chi connectivity index (χ4n) is 3.20. The quantitative estimate of drug-likeness (QED) is 0.733. The van der Waals surface area contributed by atoms with Crippen LogP contribution in [0.3, 0.4) is 0 Å². The van der Waals surface area contributed by atoms with Crippen LogP contribution in [0.25, 0.3) is 0 Å². The molecule has 0 aliphatic carbocycles. The van der Waals surface area contributed by atoms with E-state index in [-0.39, 0.29) is 6.09 Å². The summed E-state index contributed by atoms with van der Waals surface area (Å²) in [5, 5.41) is 0. The summed E-state index contributed by atoms with van der Waals surface area (Å²) in [4.78, 5) is 18.9. The number of carbonyl (C=O) groups excluding carboxylic acids is 1. The van der Waals surface area contributed by atoms with Crippen molar-refractivity contribution in [3.05, 3.63) is 0 Å². The van der Waals surface area contributed by atoms with Crippen molar-refractivity contribution in [3.63, 3.8) is 0 Å². The first-order valence-corrected chi connectivity index (χ1v) is 7.68. The maximum Gasteiger partial charge on any atom is 0.410 e. The van der Waals surface area contributed by atoms with Gasteiger partial charge in [0.15, 0.2) is 0 Å². The molecule has 2 rings (SSSR count). The van der Waals surface area contributed by atoms with Gasteiger partial charge >= 0.3 is 6.09 Å². The van der Waals surface area contributed by atoms with Gasteiger partial charge in [-0.25, -0.2) is 4.79 Å². The Kier molecular flexibility index (Phi) is 4.59. The van der Waals surface area contributed by atoms with Gasteiger partial charge in [0.05, 0.1) is 0 Å². The summed E-state index contributed by atoms with van der Waals surface area (Å²) in [6.07, 6.45) is 0.898. The molecule has 0 N–H and O–H groups in total. The third-order valence-corrected chi connectivity index (χ3v) is 4.17. The maximum atomic E-state index is 12.1. The second kappa shape index (κ2) is 5.90. The van der Waals surface area contributed by atoms with Gasteiger partial charge in [-0.15, -0.1) is 0 Å². The molecule has 0 aromatic heterocycles. The Balaban J connectivity index is 1.87. The average Bonchev–Trinajstić information content (AvgIpc) is 2.75. The standard InChI is InChI=1S/C15H29N3O2/c1-12-10-16(5)8-9-18(12)13-6-7-17(11-13)14(19)20-15(2,3)4/h12-13H,6-11H2,1-5H3/t12-,13+/m1/s1. The molecule has 116 valence electrons. The van der Waals surface area contributed by atoms with E-state index in [2.05, 4.69) is 23.8 Å². The van der Waals surface area contributed by atoms with Gasteiger partial charge in [-0.3, -0.25) is 4.90 Å². The first-order chi connectivity index (χ1) is 9.26. The predicted octanol–water partition coefficient (Wildman–Crippen LogP) is 1.63. The molecule has 2 aliphatic heterocycles. The number of hydrogen-bond donors (Lipinski definition) is 0. The number of rotatable bonds is 1. The number of ether oxygens (including phenoxy) is 1. The van der Waals surface area contributed by atoms with Crippen molar-refractivity contribution in [3.8, 4) is 0 Å². The number of carbonyl (C=O) groups is 1. The number of nitrogens with zero attached hydrogens (tertiary/aromatic N) is 3. The molecule has 2 saturated heterocycles. The van der Waals surface area contributed by atoms with Crippen molar-refractivity contribution in [2.24, 2.45) is 0 Å². The van der Waals surface area contributed by atoms with Gasteiger partial charge < -0.3 is 14.5 Å². The highest BCUT2D eigenvalue weighted by Gasteiger charge is 2.35. The molecule has 0 spiro atoms. The van der Waals surface area contributed by atoms with Gasteiger partial charge in [-0.1, -0.05) is 0 Å². The average molecular weight is 283 g/mol. The van der Waals surface area contributed by atoms with Crippen LogP contribution in [0.5, 0.6) is 0 Å². The summed E-state index contributed by atoms with van der Waals surface area (Å²) in [6.45, 7) is 13.0. The normalized spacial score (nSPS) is 29.8. The van der Waals surface area contributed by atoms with E-state index in [9.17, 15) is 4.79 Å². The minimum atomic E-state index is -0.406. The summed E-state index contributed by atoms with van der Waals surface area (Å²) < 4.78 is 5.46. The Morgan fingerprint density at radius 1 is 1.15 bits per heavy atom. The zero-order chi connectivity index (χ0) is 14.9. The van der Waals surface area contributed by atoms with Crippen LogP contribution in [0.15, 0.2) is 0 Å². The Labute approximate surface area is 122 Å². The Bertz CT molecular complexity index is 354. The van der Waals surface area contributed by atoms with Gasteiger partial charge in [0.1, 0.15) is 5.60 Å². The molecular formula is C15H29N3O2. The topological polar surface area (TPSA) is 36.0 Å². The molecule has 0 aromatic rings. The smallest absolute Gasteiger partial charge is 0.410 e. The van der Waals surface area contributed by atoms with Gasteiger partial charge in [0, 0.05) is 44.8 Å². The molecule has 5 nitrogen and oxygen atoms in total. The molecule has 0 bridgehead atoms. The van der Waals surface area contributed by atoms with E-state index in [0.29, 0.717) is 12.1 Å². The van der Waals surface area contributed by atoms with E-state index in [0.717, 1.165) is 39.1 Å². The Morgan fingerprint density at radius 3 is 2.45 bits per heavy atom. The van der Waals surface area contributed by atoms with E-state index in [4.69, 9.17) is 4.74 Å². The highest BCUT2D eigenvalue weighted by Crippen LogP contribution is 2.22. The lowest BCUT2D eigenvalue weighted by molar-refractivity contribution is 0.0247. The van der Waals surface area contributed by atoms with Crippen molar-refractivity contribution in [2.75, 3.05) is 39.8 Å². The van der Waals surface area contributed by atoms with Crippen molar-refractivity contribution in [1.82, 2.24) is 14.7 Å². The highest BCUT2D eigenvalue weighted by molar-refractivity contribution is 5.68. The van der Waals surface area contributed by atoms with Gasteiger partial charge in [-0.2, -0.15) is 0 Å².